The minimum Gasteiger partial charge on any atom is -0.481 e. The van der Waals surface area contributed by atoms with E-state index in [0.29, 0.717) is 25.3 Å². The number of nitriles is 1. The van der Waals surface area contributed by atoms with Crippen LogP contribution in [0.15, 0.2) is 0 Å². The van der Waals surface area contributed by atoms with Gasteiger partial charge in [0.15, 0.2) is 0 Å². The van der Waals surface area contributed by atoms with Crippen molar-refractivity contribution in [3.8, 4) is 6.07 Å². The molecule has 0 saturated carbocycles. The van der Waals surface area contributed by atoms with Crippen molar-refractivity contribution < 1.29 is 14.7 Å². The van der Waals surface area contributed by atoms with Gasteiger partial charge in [-0.05, 0) is 31.6 Å². The second-order valence-electron chi connectivity index (χ2n) is 5.78. The smallest absolute Gasteiger partial charge is 0.317 e. The molecule has 0 rings (SSSR count). The number of rotatable bonds is 9. The Hall–Kier alpha value is -1.77. The molecule has 2 atom stereocenters. The van der Waals surface area contributed by atoms with Crippen molar-refractivity contribution in [3.05, 3.63) is 0 Å². The third-order valence-corrected chi connectivity index (χ3v) is 3.83. The standard InChI is InChI=1S/C15H27N3O3/c1-11(2)13(5-6-14(19)20)8-10-17-15(21)18(4)12(3)7-9-16/h11-13H,5-8,10H2,1-4H3,(H,17,21)(H,19,20). The van der Waals surface area contributed by atoms with Crippen LogP contribution in [0, 0.1) is 23.2 Å². The summed E-state index contributed by atoms with van der Waals surface area (Å²) in [4.78, 5) is 24.0. The van der Waals surface area contributed by atoms with Crippen LogP contribution in [0.5, 0.6) is 0 Å². The van der Waals surface area contributed by atoms with Crippen molar-refractivity contribution in [2.45, 2.75) is 52.5 Å². The van der Waals surface area contributed by atoms with E-state index < -0.39 is 5.97 Å². The summed E-state index contributed by atoms with van der Waals surface area (Å²) in [7, 11) is 1.67. The number of hydrogen-bond acceptors (Lipinski definition) is 3. The van der Waals surface area contributed by atoms with Gasteiger partial charge < -0.3 is 15.3 Å². The first kappa shape index (κ1) is 19.2. The predicted octanol–water partition coefficient (Wildman–Crippen LogP) is 2.46. The van der Waals surface area contributed by atoms with Gasteiger partial charge in [0.1, 0.15) is 0 Å². The number of carboxylic acid groups (broad SMARTS) is 1. The molecule has 6 heteroatoms. The molecule has 21 heavy (non-hydrogen) atoms. The van der Waals surface area contributed by atoms with E-state index in [4.69, 9.17) is 10.4 Å². The first-order valence-corrected chi connectivity index (χ1v) is 7.39. The Morgan fingerprint density at radius 3 is 2.38 bits per heavy atom. The van der Waals surface area contributed by atoms with Crippen molar-refractivity contribution in [3.63, 3.8) is 0 Å². The highest BCUT2D eigenvalue weighted by molar-refractivity contribution is 5.74. The fourth-order valence-corrected chi connectivity index (χ4v) is 2.08. The van der Waals surface area contributed by atoms with Crippen molar-refractivity contribution in [1.29, 1.82) is 5.26 Å². The zero-order chi connectivity index (χ0) is 16.4. The van der Waals surface area contributed by atoms with Crippen LogP contribution < -0.4 is 5.32 Å². The van der Waals surface area contributed by atoms with Gasteiger partial charge in [-0.15, -0.1) is 0 Å². The summed E-state index contributed by atoms with van der Waals surface area (Å²) >= 11 is 0. The quantitative estimate of drug-likeness (QED) is 0.683. The van der Waals surface area contributed by atoms with E-state index in [2.05, 4.69) is 19.2 Å². The monoisotopic (exact) mass is 297 g/mol. The number of aliphatic carboxylic acids is 1. The topological polar surface area (TPSA) is 93.4 Å². The van der Waals surface area contributed by atoms with Crippen LogP contribution in [0.1, 0.15) is 46.5 Å². The minimum absolute atomic E-state index is 0.122. The third-order valence-electron chi connectivity index (χ3n) is 3.83. The average molecular weight is 297 g/mol. The van der Waals surface area contributed by atoms with Crippen molar-refractivity contribution in [1.82, 2.24) is 10.2 Å². The molecule has 6 nitrogen and oxygen atoms in total. The second kappa shape index (κ2) is 10.0. The van der Waals surface area contributed by atoms with E-state index in [9.17, 15) is 9.59 Å². The number of carbonyl (C=O) groups is 2. The maximum Gasteiger partial charge on any atom is 0.317 e. The van der Waals surface area contributed by atoms with Crippen LogP contribution >= 0.6 is 0 Å². The zero-order valence-corrected chi connectivity index (χ0v) is 13.4. The first-order chi connectivity index (χ1) is 9.79. The van der Waals surface area contributed by atoms with E-state index in [1.54, 1.807) is 7.05 Å². The molecule has 0 aliphatic carbocycles. The van der Waals surface area contributed by atoms with Gasteiger partial charge in [-0.2, -0.15) is 5.26 Å². The molecule has 0 heterocycles. The number of carbonyl (C=O) groups excluding carboxylic acids is 1. The van der Waals surface area contributed by atoms with Crippen molar-refractivity contribution in [2.75, 3.05) is 13.6 Å². The molecule has 2 unspecified atom stereocenters. The molecule has 0 aliphatic rings. The summed E-state index contributed by atoms with van der Waals surface area (Å²) in [5, 5.41) is 20.2. The van der Waals surface area contributed by atoms with Crippen LogP contribution in [0.3, 0.4) is 0 Å². The molecule has 0 saturated heterocycles. The van der Waals surface area contributed by atoms with Gasteiger partial charge in [0.25, 0.3) is 0 Å². The lowest BCUT2D eigenvalue weighted by molar-refractivity contribution is -0.137. The number of nitrogens with zero attached hydrogens (tertiary/aromatic N) is 2. The Balaban J connectivity index is 4.16. The SMILES string of the molecule is CC(C)C(CCNC(=O)N(C)C(C)CC#N)CCC(=O)O. The molecular weight excluding hydrogens is 270 g/mol. The van der Waals surface area contributed by atoms with Gasteiger partial charge in [0.2, 0.25) is 0 Å². The summed E-state index contributed by atoms with van der Waals surface area (Å²) in [6, 6.07) is 1.72. The predicted molar refractivity (Wildman–Crippen MR) is 80.7 cm³/mol. The van der Waals surface area contributed by atoms with E-state index >= 15 is 0 Å². The maximum atomic E-state index is 11.9. The van der Waals surface area contributed by atoms with Crippen molar-refractivity contribution in [2.24, 2.45) is 11.8 Å². The molecule has 0 spiro atoms. The Morgan fingerprint density at radius 2 is 1.90 bits per heavy atom. The van der Waals surface area contributed by atoms with E-state index in [1.165, 1.54) is 4.90 Å². The van der Waals surface area contributed by atoms with Crippen LogP contribution in [0.25, 0.3) is 0 Å². The van der Waals surface area contributed by atoms with Gasteiger partial charge in [0, 0.05) is 26.1 Å². The third kappa shape index (κ3) is 8.18. The molecule has 120 valence electrons. The van der Waals surface area contributed by atoms with Crippen LogP contribution in [-0.4, -0.2) is 41.6 Å². The molecule has 0 fully saturated rings. The molecule has 0 aliphatic heterocycles. The lowest BCUT2D eigenvalue weighted by Crippen LogP contribution is -2.43. The molecule has 2 amide bonds. The molecule has 0 bridgehead atoms. The summed E-state index contributed by atoms with van der Waals surface area (Å²) in [6.45, 7) is 6.47. The lowest BCUT2D eigenvalue weighted by atomic mass is 9.88. The summed E-state index contributed by atoms with van der Waals surface area (Å²) < 4.78 is 0. The zero-order valence-electron chi connectivity index (χ0n) is 13.4. The average Bonchev–Trinajstić information content (AvgIpc) is 2.40. The Kier molecular flexibility index (Phi) is 9.18. The largest absolute Gasteiger partial charge is 0.481 e. The Morgan fingerprint density at radius 1 is 1.29 bits per heavy atom. The minimum atomic E-state index is -0.783. The molecule has 0 aromatic carbocycles. The summed E-state index contributed by atoms with van der Waals surface area (Å²) in [5.41, 5.74) is 0. The highest BCUT2D eigenvalue weighted by atomic mass is 16.4. The lowest BCUT2D eigenvalue weighted by Gasteiger charge is -2.25. The first-order valence-electron chi connectivity index (χ1n) is 7.39. The van der Waals surface area contributed by atoms with E-state index in [-0.39, 0.29) is 24.4 Å². The van der Waals surface area contributed by atoms with Gasteiger partial charge in [-0.25, -0.2) is 4.79 Å². The van der Waals surface area contributed by atoms with Crippen molar-refractivity contribution >= 4 is 12.0 Å². The summed E-state index contributed by atoms with van der Waals surface area (Å²) in [6.07, 6.45) is 1.85. The number of nitrogens with one attached hydrogen (secondary N) is 1. The maximum absolute atomic E-state index is 11.9. The molecule has 0 aromatic rings. The van der Waals surface area contributed by atoms with Crippen LogP contribution in [0.2, 0.25) is 0 Å². The molecular formula is C15H27N3O3. The second-order valence-corrected chi connectivity index (χ2v) is 5.78. The van der Waals surface area contributed by atoms with Gasteiger partial charge in [0.05, 0.1) is 12.5 Å². The highest BCUT2D eigenvalue weighted by Crippen LogP contribution is 2.20. The number of carboxylic acids is 1. The summed E-state index contributed by atoms with van der Waals surface area (Å²) in [5.74, 6) is -0.116. The van der Waals surface area contributed by atoms with Crippen LogP contribution in [-0.2, 0) is 4.79 Å². The molecule has 0 aromatic heterocycles. The number of amides is 2. The fraction of sp³-hybridized carbons (Fsp3) is 0.800. The highest BCUT2D eigenvalue weighted by Gasteiger charge is 2.17. The Bertz CT molecular complexity index is 377. The van der Waals surface area contributed by atoms with E-state index in [1.807, 2.05) is 13.0 Å². The van der Waals surface area contributed by atoms with Gasteiger partial charge >= 0.3 is 12.0 Å². The normalized spacial score (nSPS) is 13.3. The molecule has 0 radical (unpaired) electrons. The van der Waals surface area contributed by atoms with Gasteiger partial charge in [-0.1, -0.05) is 13.8 Å². The van der Waals surface area contributed by atoms with E-state index in [0.717, 1.165) is 6.42 Å². The number of urea groups is 1. The molecule has 2 N–H and O–H groups in total. The number of hydrogen-bond donors (Lipinski definition) is 2. The fourth-order valence-electron chi connectivity index (χ4n) is 2.08. The van der Waals surface area contributed by atoms with Crippen LogP contribution in [0.4, 0.5) is 4.79 Å². The Labute approximate surface area is 127 Å². The van der Waals surface area contributed by atoms with Gasteiger partial charge in [-0.3, -0.25) is 4.79 Å².